The minimum absolute atomic E-state index is 0.00591. The summed E-state index contributed by atoms with van der Waals surface area (Å²) in [5.74, 6) is 0.346. The molecular formula is C39H38F2O2S. The number of aryl methyl sites for hydroxylation is 2. The molecule has 0 spiro atoms. The van der Waals surface area contributed by atoms with Crippen molar-refractivity contribution < 1.29 is 18.3 Å². The maximum absolute atomic E-state index is 15.5. The quantitative estimate of drug-likeness (QED) is 0.151. The molecule has 0 bridgehead atoms. The number of hydrogen-bond donors (Lipinski definition) is 0. The van der Waals surface area contributed by atoms with E-state index in [0.717, 1.165) is 75.3 Å². The molecule has 0 aliphatic heterocycles. The first kappa shape index (κ1) is 31.5. The molecular weight excluding hydrogens is 570 g/mol. The van der Waals surface area contributed by atoms with Crippen LogP contribution in [0, 0.1) is 23.0 Å². The van der Waals surface area contributed by atoms with Crippen molar-refractivity contribution in [2.45, 2.75) is 52.4 Å². The van der Waals surface area contributed by atoms with Crippen LogP contribution in [-0.4, -0.2) is 17.8 Å². The standard InChI is InChI=1S/C39H38F2O2S/c1-5-29-23-34-30(8-6-7-25(2)33(34)24-36(29)43-4)22-31-15-11-28(21-35(31)41)10-9-26(3)38(44)39(19-20-39)37(42)18-14-27-12-16-32(40)17-13-27/h6-8,11-18,21,23-24,26H,2,5,9-10,19-20,22H2,1,3-4H3/b18-14+. The molecule has 1 fully saturated rings. The molecule has 2 aliphatic rings. The molecule has 2 aliphatic carbocycles. The molecule has 2 nitrogen and oxygen atoms in total. The zero-order valence-electron chi connectivity index (χ0n) is 25.6. The highest BCUT2D eigenvalue weighted by molar-refractivity contribution is 7.80. The highest BCUT2D eigenvalue weighted by Gasteiger charge is 2.52. The van der Waals surface area contributed by atoms with Crippen molar-refractivity contribution >= 4 is 40.1 Å². The second kappa shape index (κ2) is 13.4. The van der Waals surface area contributed by atoms with Gasteiger partial charge in [0.25, 0.3) is 0 Å². The lowest BCUT2D eigenvalue weighted by Crippen LogP contribution is -2.28. The van der Waals surface area contributed by atoms with Crippen molar-refractivity contribution in [3.05, 3.63) is 130 Å². The van der Waals surface area contributed by atoms with Gasteiger partial charge in [-0.25, -0.2) is 8.78 Å². The maximum Gasteiger partial charge on any atom is 0.166 e. The third kappa shape index (κ3) is 6.73. The van der Waals surface area contributed by atoms with Crippen LogP contribution in [-0.2, 0) is 24.1 Å². The lowest BCUT2D eigenvalue weighted by atomic mass is 9.85. The largest absolute Gasteiger partial charge is 0.496 e. The Labute approximate surface area is 264 Å². The minimum atomic E-state index is -0.593. The monoisotopic (exact) mass is 608 g/mol. The predicted octanol–water partition coefficient (Wildman–Crippen LogP) is 9.75. The summed E-state index contributed by atoms with van der Waals surface area (Å²) in [5.41, 5.74) is 6.82. The number of benzene rings is 3. The topological polar surface area (TPSA) is 26.3 Å². The van der Waals surface area contributed by atoms with E-state index in [-0.39, 0.29) is 23.3 Å². The minimum Gasteiger partial charge on any atom is -0.496 e. The Morgan fingerprint density at radius 3 is 2.48 bits per heavy atom. The van der Waals surface area contributed by atoms with Gasteiger partial charge < -0.3 is 4.74 Å². The summed E-state index contributed by atoms with van der Waals surface area (Å²) in [6.07, 6.45) is 13.5. The highest BCUT2D eigenvalue weighted by atomic mass is 32.1. The first-order valence-corrected chi connectivity index (χ1v) is 15.6. The predicted molar refractivity (Wildman–Crippen MR) is 181 cm³/mol. The number of ketones is 1. The van der Waals surface area contributed by atoms with Gasteiger partial charge in [-0.2, -0.15) is 0 Å². The summed E-state index contributed by atoms with van der Waals surface area (Å²) in [5, 5.41) is 0. The molecule has 1 atom stereocenters. The molecule has 0 saturated heterocycles. The Bertz CT molecular complexity index is 1690. The Morgan fingerprint density at radius 1 is 1.07 bits per heavy atom. The molecule has 0 N–H and O–H groups in total. The number of methoxy groups -OCH3 is 1. The van der Waals surface area contributed by atoms with E-state index in [1.165, 1.54) is 12.1 Å². The lowest BCUT2D eigenvalue weighted by molar-refractivity contribution is -0.117. The third-order valence-corrected chi connectivity index (χ3v) is 9.68. The Kier molecular flexibility index (Phi) is 9.55. The van der Waals surface area contributed by atoms with Crippen molar-refractivity contribution in [3.63, 3.8) is 0 Å². The van der Waals surface area contributed by atoms with E-state index < -0.39 is 5.41 Å². The van der Waals surface area contributed by atoms with E-state index in [4.69, 9.17) is 17.0 Å². The molecule has 5 heteroatoms. The Hall–Kier alpha value is -3.96. The number of fused-ring (bicyclic) bond motifs is 1. The van der Waals surface area contributed by atoms with Crippen LogP contribution < -0.4 is 4.74 Å². The number of carbonyl (C=O) groups is 1. The first-order chi connectivity index (χ1) is 21.1. The molecule has 44 heavy (non-hydrogen) atoms. The van der Waals surface area contributed by atoms with E-state index in [1.54, 1.807) is 37.5 Å². The molecule has 0 radical (unpaired) electrons. The van der Waals surface area contributed by atoms with E-state index in [9.17, 15) is 9.18 Å². The van der Waals surface area contributed by atoms with Gasteiger partial charge in [0.05, 0.1) is 12.5 Å². The van der Waals surface area contributed by atoms with Gasteiger partial charge in [-0.05, 0) is 119 Å². The number of carbonyl (C=O) groups excluding carboxylic acids is 1. The molecule has 1 saturated carbocycles. The van der Waals surface area contributed by atoms with Crippen molar-refractivity contribution in [1.29, 1.82) is 0 Å². The number of thiocarbonyl (C=S) groups is 1. The summed E-state index contributed by atoms with van der Waals surface area (Å²) in [6, 6.07) is 15.7. The SMILES string of the molecule is C=C1C=CC=C(Cc2ccc(CCC(C)C(=S)C3(C(=O)/C=C/c4ccc(F)cc4)CC3)cc2F)c2cc(CC)c(OC)cc21. The maximum atomic E-state index is 15.5. The number of ether oxygens (including phenoxy) is 1. The average Bonchev–Trinajstić information content (AvgIpc) is 3.86. The summed E-state index contributed by atoms with van der Waals surface area (Å²) < 4.78 is 34.3. The average molecular weight is 609 g/mol. The summed E-state index contributed by atoms with van der Waals surface area (Å²) in [4.78, 5) is 13.9. The fourth-order valence-electron chi connectivity index (χ4n) is 5.96. The van der Waals surface area contributed by atoms with E-state index >= 15 is 4.39 Å². The number of hydrogen-bond acceptors (Lipinski definition) is 3. The molecule has 0 aromatic heterocycles. The highest BCUT2D eigenvalue weighted by Crippen LogP contribution is 2.50. The van der Waals surface area contributed by atoms with Crippen molar-refractivity contribution in [2.24, 2.45) is 11.3 Å². The van der Waals surface area contributed by atoms with Crippen LogP contribution in [0.2, 0.25) is 0 Å². The van der Waals surface area contributed by atoms with Gasteiger partial charge in [-0.1, -0.05) is 81.2 Å². The van der Waals surface area contributed by atoms with Gasteiger partial charge in [-0.3, -0.25) is 4.79 Å². The Balaban J connectivity index is 1.24. The van der Waals surface area contributed by atoms with Gasteiger partial charge >= 0.3 is 0 Å². The lowest BCUT2D eigenvalue weighted by Gasteiger charge is -2.20. The van der Waals surface area contributed by atoms with Gasteiger partial charge in [0.2, 0.25) is 0 Å². The number of rotatable bonds is 12. The van der Waals surface area contributed by atoms with Crippen LogP contribution in [0.1, 0.15) is 66.5 Å². The van der Waals surface area contributed by atoms with Gasteiger partial charge in [0, 0.05) is 11.3 Å². The number of halogens is 2. The van der Waals surface area contributed by atoms with Crippen molar-refractivity contribution in [1.82, 2.24) is 0 Å². The zero-order valence-corrected chi connectivity index (χ0v) is 26.4. The molecule has 0 amide bonds. The fourth-order valence-corrected chi connectivity index (χ4v) is 6.38. The van der Waals surface area contributed by atoms with Crippen LogP contribution in [0.3, 0.4) is 0 Å². The van der Waals surface area contributed by atoms with Gasteiger partial charge in [0.15, 0.2) is 5.78 Å². The summed E-state index contributed by atoms with van der Waals surface area (Å²) in [6.45, 7) is 8.38. The van der Waals surface area contributed by atoms with Crippen LogP contribution in [0.15, 0.2) is 85.5 Å². The first-order valence-electron chi connectivity index (χ1n) is 15.2. The molecule has 3 aromatic carbocycles. The van der Waals surface area contributed by atoms with Crippen molar-refractivity contribution in [3.8, 4) is 5.75 Å². The fraction of sp³-hybridized carbons (Fsp3) is 0.282. The third-order valence-electron chi connectivity index (χ3n) is 8.89. The van der Waals surface area contributed by atoms with Gasteiger partial charge in [0.1, 0.15) is 17.4 Å². The smallest absolute Gasteiger partial charge is 0.166 e. The van der Waals surface area contributed by atoms with E-state index in [2.05, 4.69) is 26.5 Å². The number of allylic oxidation sites excluding steroid dienone is 6. The Morgan fingerprint density at radius 2 is 1.82 bits per heavy atom. The van der Waals surface area contributed by atoms with Crippen molar-refractivity contribution in [2.75, 3.05) is 7.11 Å². The molecule has 1 unspecified atom stereocenters. The molecule has 226 valence electrons. The molecule has 3 aromatic rings. The van der Waals surface area contributed by atoms with Crippen LogP contribution >= 0.6 is 12.2 Å². The molecule has 0 heterocycles. The van der Waals surface area contributed by atoms with Gasteiger partial charge in [-0.15, -0.1) is 0 Å². The second-order valence-electron chi connectivity index (χ2n) is 11.9. The van der Waals surface area contributed by atoms with Crippen LogP contribution in [0.25, 0.3) is 17.2 Å². The molecule has 5 rings (SSSR count). The van der Waals surface area contributed by atoms with Crippen LogP contribution in [0.4, 0.5) is 8.78 Å². The van der Waals surface area contributed by atoms with E-state index in [0.29, 0.717) is 18.4 Å². The van der Waals surface area contributed by atoms with Crippen LogP contribution in [0.5, 0.6) is 5.75 Å². The summed E-state index contributed by atoms with van der Waals surface area (Å²) >= 11 is 5.83. The summed E-state index contributed by atoms with van der Waals surface area (Å²) in [7, 11) is 1.68. The second-order valence-corrected chi connectivity index (χ2v) is 12.3. The normalized spacial score (nSPS) is 15.8. The van der Waals surface area contributed by atoms with E-state index in [1.807, 2.05) is 36.4 Å². The zero-order chi connectivity index (χ0) is 31.4.